The van der Waals surface area contributed by atoms with Crippen LogP contribution in [0.4, 0.5) is 15.2 Å². The average molecular weight is 531 g/mol. The lowest BCUT2D eigenvalue weighted by molar-refractivity contribution is -0.115. The molecular formula is C24H20ClFN4O3S2. The van der Waals surface area contributed by atoms with E-state index in [0.717, 1.165) is 27.3 Å². The summed E-state index contributed by atoms with van der Waals surface area (Å²) in [5, 5.41) is 8.82. The number of methoxy groups -OCH3 is 1. The van der Waals surface area contributed by atoms with Crippen LogP contribution < -0.4 is 15.4 Å². The summed E-state index contributed by atoms with van der Waals surface area (Å²) >= 11 is 8.64. The number of hydrogen-bond donors (Lipinski definition) is 2. The number of aryl methyl sites for hydroxylation is 2. The molecule has 180 valence electrons. The second-order valence-corrected chi connectivity index (χ2v) is 10.1. The van der Waals surface area contributed by atoms with Crippen molar-refractivity contribution in [2.24, 2.45) is 0 Å². The summed E-state index contributed by atoms with van der Waals surface area (Å²) in [6.45, 7) is 3.86. The molecule has 0 atom stereocenters. The van der Waals surface area contributed by atoms with Gasteiger partial charge in [-0.15, -0.1) is 22.7 Å². The molecule has 0 unspecified atom stereocenters. The number of nitrogens with one attached hydrogen (secondary N) is 2. The maximum atomic E-state index is 14.1. The Kier molecular flexibility index (Phi) is 7.44. The molecule has 4 aromatic rings. The maximum absolute atomic E-state index is 14.1. The van der Waals surface area contributed by atoms with E-state index in [0.29, 0.717) is 16.4 Å². The van der Waals surface area contributed by atoms with Gasteiger partial charge in [0.2, 0.25) is 5.91 Å². The fourth-order valence-electron chi connectivity index (χ4n) is 3.35. The third-order valence-electron chi connectivity index (χ3n) is 4.89. The van der Waals surface area contributed by atoms with Crippen molar-refractivity contribution in [3.8, 4) is 16.3 Å². The molecule has 0 saturated heterocycles. The Balaban J connectivity index is 1.47. The fourth-order valence-corrected chi connectivity index (χ4v) is 5.18. The van der Waals surface area contributed by atoms with Gasteiger partial charge < -0.3 is 15.4 Å². The minimum absolute atomic E-state index is 0.00698. The number of hydrogen-bond acceptors (Lipinski definition) is 7. The molecule has 7 nitrogen and oxygen atoms in total. The largest absolute Gasteiger partial charge is 0.497 e. The maximum Gasteiger partial charge on any atom is 0.255 e. The Hall–Kier alpha value is -3.34. The number of nitrogens with zero attached hydrogens (tertiary/aromatic N) is 2. The van der Waals surface area contributed by atoms with E-state index in [1.165, 1.54) is 36.6 Å². The predicted octanol–water partition coefficient (Wildman–Crippen LogP) is 6.12. The topological polar surface area (TPSA) is 93.2 Å². The van der Waals surface area contributed by atoms with Crippen molar-refractivity contribution in [2.45, 2.75) is 20.3 Å². The highest BCUT2D eigenvalue weighted by Crippen LogP contribution is 2.32. The van der Waals surface area contributed by atoms with Crippen LogP contribution in [0.3, 0.4) is 0 Å². The van der Waals surface area contributed by atoms with Gasteiger partial charge >= 0.3 is 0 Å². The van der Waals surface area contributed by atoms with Crippen LogP contribution in [0.5, 0.6) is 5.75 Å². The van der Waals surface area contributed by atoms with Gasteiger partial charge in [-0.3, -0.25) is 9.59 Å². The normalized spacial score (nSPS) is 10.8. The summed E-state index contributed by atoms with van der Waals surface area (Å²) < 4.78 is 19.4. The van der Waals surface area contributed by atoms with Crippen molar-refractivity contribution in [3.05, 3.63) is 74.4 Å². The molecule has 0 radical (unpaired) electrons. The van der Waals surface area contributed by atoms with Crippen molar-refractivity contribution < 1.29 is 18.7 Å². The van der Waals surface area contributed by atoms with Gasteiger partial charge in [-0.25, -0.2) is 14.4 Å². The zero-order chi connectivity index (χ0) is 25.1. The molecule has 0 spiro atoms. The van der Waals surface area contributed by atoms with E-state index < -0.39 is 11.7 Å². The minimum Gasteiger partial charge on any atom is -0.497 e. The molecule has 2 aromatic heterocycles. The molecule has 0 aliphatic heterocycles. The van der Waals surface area contributed by atoms with E-state index in [1.54, 1.807) is 23.5 Å². The third-order valence-corrected chi connectivity index (χ3v) is 6.98. The molecule has 0 fully saturated rings. The summed E-state index contributed by atoms with van der Waals surface area (Å²) in [5.41, 5.74) is 2.43. The van der Waals surface area contributed by atoms with Crippen molar-refractivity contribution in [1.29, 1.82) is 0 Å². The summed E-state index contributed by atoms with van der Waals surface area (Å²) in [7, 11) is 1.46. The summed E-state index contributed by atoms with van der Waals surface area (Å²) in [6, 6.07) is 8.69. The number of carbonyl (C=O) groups is 2. The Labute approximate surface area is 214 Å². The Morgan fingerprint density at radius 1 is 1.11 bits per heavy atom. The van der Waals surface area contributed by atoms with E-state index in [4.69, 9.17) is 16.3 Å². The monoisotopic (exact) mass is 530 g/mol. The first-order valence-corrected chi connectivity index (χ1v) is 12.4. The zero-order valence-corrected chi connectivity index (χ0v) is 21.3. The predicted molar refractivity (Wildman–Crippen MR) is 137 cm³/mol. The Morgan fingerprint density at radius 3 is 2.60 bits per heavy atom. The second kappa shape index (κ2) is 10.5. The third kappa shape index (κ3) is 6.02. The lowest BCUT2D eigenvalue weighted by Gasteiger charge is -2.10. The van der Waals surface area contributed by atoms with E-state index in [1.807, 2.05) is 19.2 Å². The molecule has 2 amide bonds. The average Bonchev–Trinajstić information content (AvgIpc) is 3.40. The highest BCUT2D eigenvalue weighted by atomic mass is 35.5. The Bertz CT molecular complexity index is 1420. The number of aromatic nitrogens is 2. The smallest absolute Gasteiger partial charge is 0.255 e. The lowest BCUT2D eigenvalue weighted by Crippen LogP contribution is -2.16. The van der Waals surface area contributed by atoms with Crippen LogP contribution in [-0.4, -0.2) is 28.9 Å². The summed E-state index contributed by atoms with van der Waals surface area (Å²) in [6.07, 6.45) is -0.0135. The second-order valence-electron chi connectivity index (χ2n) is 7.56. The highest BCUT2D eigenvalue weighted by molar-refractivity contribution is 7.16. The van der Waals surface area contributed by atoms with E-state index in [-0.39, 0.29) is 28.6 Å². The first-order chi connectivity index (χ1) is 16.7. The van der Waals surface area contributed by atoms with E-state index >= 15 is 0 Å². The number of amides is 2. The number of ether oxygens (including phenoxy) is 1. The van der Waals surface area contributed by atoms with Gasteiger partial charge in [0.25, 0.3) is 5.91 Å². The number of thiazole rings is 2. The van der Waals surface area contributed by atoms with Gasteiger partial charge in [0.05, 0.1) is 40.5 Å². The Morgan fingerprint density at radius 2 is 1.91 bits per heavy atom. The molecule has 0 saturated carbocycles. The number of rotatable bonds is 7. The van der Waals surface area contributed by atoms with Crippen LogP contribution in [0, 0.1) is 19.7 Å². The summed E-state index contributed by atoms with van der Waals surface area (Å²) in [4.78, 5) is 35.3. The van der Waals surface area contributed by atoms with Gasteiger partial charge in [-0.1, -0.05) is 11.6 Å². The molecule has 4 rings (SSSR count). The van der Waals surface area contributed by atoms with Crippen LogP contribution in [0.15, 0.2) is 41.8 Å². The van der Waals surface area contributed by atoms with Crippen LogP contribution >= 0.6 is 34.3 Å². The molecular weight excluding hydrogens is 511 g/mol. The van der Waals surface area contributed by atoms with Gasteiger partial charge in [0.15, 0.2) is 5.13 Å². The quantitative estimate of drug-likeness (QED) is 0.300. The standard InChI is InChI=1S/C24H20ClFN4O3S2/c1-12-22(35-13(2)27-12)20-11-34-24(29-20)30-21(31)8-14-6-15(9-17(7-14)33-3)23(32)28-19-5-4-16(25)10-18(19)26/h4-7,9-11H,8H2,1-3H3,(H,28,32)(H,29,30,31). The van der Waals surface area contributed by atoms with Crippen LogP contribution in [0.25, 0.3) is 10.6 Å². The highest BCUT2D eigenvalue weighted by Gasteiger charge is 2.16. The molecule has 35 heavy (non-hydrogen) atoms. The number of halogens is 2. The summed E-state index contributed by atoms with van der Waals surface area (Å²) in [5.74, 6) is -1.11. The van der Waals surface area contributed by atoms with Crippen molar-refractivity contribution in [1.82, 2.24) is 9.97 Å². The van der Waals surface area contributed by atoms with Crippen LogP contribution in [-0.2, 0) is 11.2 Å². The van der Waals surface area contributed by atoms with Gasteiger partial charge in [0.1, 0.15) is 11.6 Å². The number of anilines is 2. The number of carbonyl (C=O) groups excluding carboxylic acids is 2. The van der Waals surface area contributed by atoms with Crippen LogP contribution in [0.1, 0.15) is 26.6 Å². The van der Waals surface area contributed by atoms with E-state index in [2.05, 4.69) is 20.6 Å². The molecule has 2 heterocycles. The molecule has 2 aromatic carbocycles. The molecule has 2 N–H and O–H groups in total. The minimum atomic E-state index is -0.653. The van der Waals surface area contributed by atoms with Crippen LogP contribution in [0.2, 0.25) is 5.02 Å². The van der Waals surface area contributed by atoms with Gasteiger partial charge in [-0.2, -0.15) is 0 Å². The zero-order valence-electron chi connectivity index (χ0n) is 18.9. The SMILES string of the molecule is COc1cc(CC(=O)Nc2nc(-c3sc(C)nc3C)cs2)cc(C(=O)Nc2ccc(Cl)cc2F)c1. The van der Waals surface area contributed by atoms with E-state index in [9.17, 15) is 14.0 Å². The molecule has 0 bridgehead atoms. The van der Waals surface area contributed by atoms with Crippen molar-refractivity contribution in [3.63, 3.8) is 0 Å². The first kappa shape index (κ1) is 24.8. The van der Waals surface area contributed by atoms with Crippen molar-refractivity contribution in [2.75, 3.05) is 17.7 Å². The molecule has 0 aliphatic rings. The molecule has 0 aliphatic carbocycles. The molecule has 11 heteroatoms. The number of benzene rings is 2. The van der Waals surface area contributed by atoms with Gasteiger partial charge in [0, 0.05) is 16.0 Å². The first-order valence-electron chi connectivity index (χ1n) is 10.4. The van der Waals surface area contributed by atoms with Gasteiger partial charge in [-0.05, 0) is 55.8 Å². The van der Waals surface area contributed by atoms with Crippen molar-refractivity contribution >= 4 is 56.9 Å². The fraction of sp³-hybridized carbons (Fsp3) is 0.167. The lowest BCUT2D eigenvalue weighted by atomic mass is 10.1.